The zero-order valence-corrected chi connectivity index (χ0v) is 22.7. The Morgan fingerprint density at radius 1 is 0.846 bits per heavy atom. The summed E-state index contributed by atoms with van der Waals surface area (Å²) in [4.78, 5) is 12.3. The van der Waals surface area contributed by atoms with Crippen LogP contribution < -0.4 is 9.47 Å². The minimum atomic E-state index is -1.30. The Bertz CT molecular complexity index is 1140. The van der Waals surface area contributed by atoms with Crippen LogP contribution in [-0.4, -0.2) is 12.6 Å². The molecule has 4 nitrogen and oxygen atoms in total. The zero-order chi connectivity index (χ0) is 27.8. The molecule has 0 amide bonds. The van der Waals surface area contributed by atoms with Crippen molar-refractivity contribution in [1.29, 1.82) is 5.26 Å². The lowest BCUT2D eigenvalue weighted by Crippen LogP contribution is -2.27. The number of hydrogen-bond donors (Lipinski definition) is 0. The van der Waals surface area contributed by atoms with Crippen molar-refractivity contribution < 1.29 is 27.4 Å². The number of carbonyl (C=O) groups is 1. The number of ether oxygens (including phenoxy) is 2. The molecule has 0 heterocycles. The van der Waals surface area contributed by atoms with Crippen LogP contribution >= 0.6 is 0 Å². The number of nitriles is 1. The Balaban J connectivity index is 1.23. The lowest BCUT2D eigenvalue weighted by atomic mass is 9.69. The van der Waals surface area contributed by atoms with E-state index in [4.69, 9.17) is 14.7 Å². The first-order chi connectivity index (χ1) is 18.9. The highest BCUT2D eigenvalue weighted by molar-refractivity contribution is 5.91. The van der Waals surface area contributed by atoms with Crippen LogP contribution in [0.15, 0.2) is 30.3 Å². The predicted octanol–water partition coefficient (Wildman–Crippen LogP) is 8.77. The van der Waals surface area contributed by atoms with Gasteiger partial charge in [0.25, 0.3) is 0 Å². The fourth-order valence-corrected chi connectivity index (χ4v) is 6.31. The molecule has 0 bridgehead atoms. The van der Waals surface area contributed by atoms with Gasteiger partial charge < -0.3 is 9.47 Å². The minimum absolute atomic E-state index is 0.0227. The number of nitrogens with zero attached hydrogens (tertiary/aromatic N) is 1. The molecule has 2 fully saturated rings. The Morgan fingerprint density at radius 2 is 1.44 bits per heavy atom. The lowest BCUT2D eigenvalue weighted by molar-refractivity contribution is 0.0724. The predicted molar refractivity (Wildman–Crippen MR) is 143 cm³/mol. The largest absolute Gasteiger partial charge is 0.493 e. The van der Waals surface area contributed by atoms with Crippen molar-refractivity contribution in [2.45, 2.75) is 84.0 Å². The SMILES string of the molecule is CCCCC[C@H]1CC[C@H]([C@H]2CC[C@H](COc3cc(F)c(C(=O)Oc4ccc(C#N)c(F)c4)c(F)c3)CC2)CC1. The van der Waals surface area contributed by atoms with Crippen molar-refractivity contribution in [3.05, 3.63) is 58.9 Å². The number of hydrogen-bond acceptors (Lipinski definition) is 4. The molecule has 2 aliphatic carbocycles. The van der Waals surface area contributed by atoms with Gasteiger partial charge in [0.05, 0.1) is 12.2 Å². The van der Waals surface area contributed by atoms with Gasteiger partial charge in [-0.25, -0.2) is 18.0 Å². The number of benzene rings is 2. The normalized spacial score (nSPS) is 23.2. The number of unbranched alkanes of at least 4 members (excludes halogenated alkanes) is 2. The van der Waals surface area contributed by atoms with Crippen LogP contribution in [0.1, 0.15) is 99.9 Å². The number of esters is 1. The molecule has 0 aliphatic heterocycles. The summed E-state index contributed by atoms with van der Waals surface area (Å²) in [6, 6.07) is 6.71. The van der Waals surface area contributed by atoms with E-state index in [1.807, 2.05) is 0 Å². The highest BCUT2D eigenvalue weighted by atomic mass is 19.1. The van der Waals surface area contributed by atoms with E-state index in [1.165, 1.54) is 70.3 Å². The fraction of sp³-hybridized carbons (Fsp3) is 0.562. The molecule has 0 unspecified atom stereocenters. The maximum Gasteiger partial charge on any atom is 0.349 e. The Kier molecular flexibility index (Phi) is 10.3. The van der Waals surface area contributed by atoms with E-state index >= 15 is 0 Å². The molecular weight excluding hydrogens is 503 g/mol. The molecule has 2 aromatic carbocycles. The van der Waals surface area contributed by atoms with Gasteiger partial charge in [0.15, 0.2) is 0 Å². The van der Waals surface area contributed by atoms with Crippen LogP contribution in [0.25, 0.3) is 0 Å². The molecule has 2 aromatic rings. The van der Waals surface area contributed by atoms with Crippen LogP contribution in [0.4, 0.5) is 13.2 Å². The van der Waals surface area contributed by atoms with E-state index in [-0.39, 0.29) is 17.1 Å². The second kappa shape index (κ2) is 13.9. The summed E-state index contributed by atoms with van der Waals surface area (Å²) in [7, 11) is 0. The van der Waals surface area contributed by atoms with Crippen molar-refractivity contribution in [3.8, 4) is 17.6 Å². The van der Waals surface area contributed by atoms with Gasteiger partial charge in [-0.2, -0.15) is 5.26 Å². The van der Waals surface area contributed by atoms with Gasteiger partial charge in [-0.05, 0) is 74.3 Å². The second-order valence-corrected chi connectivity index (χ2v) is 11.3. The lowest BCUT2D eigenvalue weighted by Gasteiger charge is -2.38. The van der Waals surface area contributed by atoms with Crippen LogP contribution in [0, 0.1) is 52.5 Å². The van der Waals surface area contributed by atoms with Crippen molar-refractivity contribution in [2.24, 2.45) is 23.7 Å². The fourth-order valence-electron chi connectivity index (χ4n) is 6.31. The minimum Gasteiger partial charge on any atom is -0.493 e. The number of carbonyl (C=O) groups excluding carboxylic acids is 1. The topological polar surface area (TPSA) is 59.3 Å². The molecule has 7 heteroatoms. The summed E-state index contributed by atoms with van der Waals surface area (Å²) >= 11 is 0. The first kappa shape index (κ1) is 29.0. The zero-order valence-electron chi connectivity index (χ0n) is 22.7. The first-order valence-electron chi connectivity index (χ1n) is 14.4. The summed E-state index contributed by atoms with van der Waals surface area (Å²) in [6.45, 7) is 2.64. The molecule has 2 aliphatic rings. The number of rotatable bonds is 10. The molecule has 2 saturated carbocycles. The molecule has 0 spiro atoms. The average Bonchev–Trinajstić information content (AvgIpc) is 2.92. The van der Waals surface area contributed by atoms with Gasteiger partial charge in [0.1, 0.15) is 40.6 Å². The molecule has 0 aromatic heterocycles. The van der Waals surface area contributed by atoms with Crippen LogP contribution in [0.2, 0.25) is 0 Å². The first-order valence-corrected chi connectivity index (χ1v) is 14.4. The molecule has 0 radical (unpaired) electrons. The van der Waals surface area contributed by atoms with Gasteiger partial charge in [0, 0.05) is 18.2 Å². The van der Waals surface area contributed by atoms with Crippen molar-refractivity contribution in [3.63, 3.8) is 0 Å². The second-order valence-electron chi connectivity index (χ2n) is 11.3. The maximum absolute atomic E-state index is 14.7. The van der Waals surface area contributed by atoms with E-state index in [1.54, 1.807) is 6.07 Å². The summed E-state index contributed by atoms with van der Waals surface area (Å²) in [5.74, 6) is -1.77. The van der Waals surface area contributed by atoms with E-state index in [2.05, 4.69) is 6.92 Å². The van der Waals surface area contributed by atoms with Crippen LogP contribution in [0.5, 0.6) is 11.5 Å². The smallest absolute Gasteiger partial charge is 0.349 e. The van der Waals surface area contributed by atoms with Crippen LogP contribution in [-0.2, 0) is 0 Å². The van der Waals surface area contributed by atoms with Crippen molar-refractivity contribution in [1.82, 2.24) is 0 Å². The van der Waals surface area contributed by atoms with Crippen LogP contribution in [0.3, 0.4) is 0 Å². The van der Waals surface area contributed by atoms with E-state index in [0.717, 1.165) is 54.9 Å². The van der Waals surface area contributed by atoms with E-state index < -0.39 is 29.0 Å². The maximum atomic E-state index is 14.7. The van der Waals surface area contributed by atoms with Gasteiger partial charge in [-0.1, -0.05) is 45.4 Å². The number of halogens is 3. The third kappa shape index (κ3) is 7.77. The molecule has 0 atom stereocenters. The Labute approximate surface area is 229 Å². The molecule has 4 rings (SSSR count). The molecule has 39 heavy (non-hydrogen) atoms. The summed E-state index contributed by atoms with van der Waals surface area (Å²) < 4.78 is 53.7. The van der Waals surface area contributed by atoms with Gasteiger partial charge in [0.2, 0.25) is 0 Å². The highest BCUT2D eigenvalue weighted by Crippen LogP contribution is 2.42. The summed E-state index contributed by atoms with van der Waals surface area (Å²) in [5.41, 5.74) is -1.12. The summed E-state index contributed by atoms with van der Waals surface area (Å²) in [5, 5.41) is 8.79. The molecular formula is C32H38F3NO3. The third-order valence-electron chi connectivity index (χ3n) is 8.64. The van der Waals surface area contributed by atoms with E-state index in [0.29, 0.717) is 12.5 Å². The van der Waals surface area contributed by atoms with E-state index in [9.17, 15) is 18.0 Å². The average molecular weight is 542 g/mol. The third-order valence-corrected chi connectivity index (χ3v) is 8.64. The Hall–Kier alpha value is -3.01. The Morgan fingerprint density at radius 3 is 2.00 bits per heavy atom. The molecule has 210 valence electrons. The van der Waals surface area contributed by atoms with Gasteiger partial charge in [-0.3, -0.25) is 0 Å². The molecule has 0 saturated heterocycles. The standard InChI is InChI=1S/C32H38F3NO3/c1-2-3-4-5-21-6-10-23(11-7-21)24-12-8-22(9-13-24)20-38-27-17-29(34)31(30(35)18-27)32(37)39-26-15-14-25(19-36)28(33)16-26/h14-18,21-24H,2-13,20H2,1H3/t21-,22-,23-,24-. The quantitative estimate of drug-likeness (QED) is 0.171. The summed E-state index contributed by atoms with van der Waals surface area (Å²) in [6.07, 6.45) is 15.3. The van der Waals surface area contributed by atoms with Crippen molar-refractivity contribution in [2.75, 3.05) is 6.61 Å². The van der Waals surface area contributed by atoms with Crippen molar-refractivity contribution >= 4 is 5.97 Å². The van der Waals surface area contributed by atoms with Gasteiger partial charge >= 0.3 is 5.97 Å². The van der Waals surface area contributed by atoms with Gasteiger partial charge in [-0.15, -0.1) is 0 Å². The monoisotopic (exact) mass is 541 g/mol. The molecule has 0 N–H and O–H groups in total. The highest BCUT2D eigenvalue weighted by Gasteiger charge is 2.31.